The molecule has 2 aromatic rings. The first-order chi connectivity index (χ1) is 7.25. The topological polar surface area (TPSA) is 50.9 Å². The molecule has 0 bridgehead atoms. The molecule has 3 nitrogen and oxygen atoms in total. The van der Waals surface area contributed by atoms with Crippen molar-refractivity contribution in [3.05, 3.63) is 47.7 Å². The highest BCUT2D eigenvalue weighted by molar-refractivity contribution is 6.33. The van der Waals surface area contributed by atoms with E-state index < -0.39 is 0 Å². The van der Waals surface area contributed by atoms with Gasteiger partial charge in [-0.2, -0.15) is 0 Å². The van der Waals surface area contributed by atoms with Gasteiger partial charge in [0.1, 0.15) is 0 Å². The molecule has 15 heavy (non-hydrogen) atoms. The van der Waals surface area contributed by atoms with Gasteiger partial charge in [0.25, 0.3) is 0 Å². The largest absolute Gasteiger partial charge is 0.399 e. The molecule has 0 unspecified atom stereocenters. The third-order valence-electron chi connectivity index (χ3n) is 1.94. The standard InChI is InChI=1S/C11H10ClN3/c12-10-7-14-5-4-11(10)15-9-3-1-2-8(13)6-9/h1-7H,13H2,(H,14,15). The summed E-state index contributed by atoms with van der Waals surface area (Å²) in [7, 11) is 0. The Morgan fingerprint density at radius 1 is 1.27 bits per heavy atom. The number of hydrogen-bond donors (Lipinski definition) is 2. The van der Waals surface area contributed by atoms with E-state index in [-0.39, 0.29) is 0 Å². The average molecular weight is 220 g/mol. The van der Waals surface area contributed by atoms with Gasteiger partial charge in [0.15, 0.2) is 0 Å². The summed E-state index contributed by atoms with van der Waals surface area (Å²) >= 11 is 5.96. The molecular formula is C11H10ClN3. The van der Waals surface area contributed by atoms with Crippen LogP contribution in [0.15, 0.2) is 42.7 Å². The summed E-state index contributed by atoms with van der Waals surface area (Å²) in [5.41, 5.74) is 8.10. The van der Waals surface area contributed by atoms with Crippen LogP contribution in [-0.2, 0) is 0 Å². The van der Waals surface area contributed by atoms with Gasteiger partial charge < -0.3 is 11.1 Å². The molecule has 3 N–H and O–H groups in total. The first-order valence-corrected chi connectivity index (χ1v) is 4.85. The van der Waals surface area contributed by atoms with Gasteiger partial charge in [0, 0.05) is 23.8 Å². The number of hydrogen-bond acceptors (Lipinski definition) is 3. The Morgan fingerprint density at radius 2 is 2.13 bits per heavy atom. The lowest BCUT2D eigenvalue weighted by molar-refractivity contribution is 1.32. The van der Waals surface area contributed by atoms with Crippen molar-refractivity contribution in [1.29, 1.82) is 0 Å². The zero-order valence-electron chi connectivity index (χ0n) is 7.94. The number of nitrogen functional groups attached to an aromatic ring is 1. The molecule has 0 fully saturated rings. The van der Waals surface area contributed by atoms with E-state index >= 15 is 0 Å². The Morgan fingerprint density at radius 3 is 2.87 bits per heavy atom. The SMILES string of the molecule is Nc1cccc(Nc2ccncc2Cl)c1. The number of nitrogens with zero attached hydrogens (tertiary/aromatic N) is 1. The highest BCUT2D eigenvalue weighted by Gasteiger charge is 1.99. The number of nitrogens with one attached hydrogen (secondary N) is 1. The monoisotopic (exact) mass is 219 g/mol. The van der Waals surface area contributed by atoms with Gasteiger partial charge in [-0.05, 0) is 24.3 Å². The molecule has 0 saturated heterocycles. The predicted octanol–water partition coefficient (Wildman–Crippen LogP) is 3.06. The fourth-order valence-corrected chi connectivity index (χ4v) is 1.42. The fraction of sp³-hybridized carbons (Fsp3) is 0. The molecule has 0 atom stereocenters. The van der Waals surface area contributed by atoms with E-state index in [4.69, 9.17) is 17.3 Å². The number of halogens is 1. The minimum Gasteiger partial charge on any atom is -0.399 e. The van der Waals surface area contributed by atoms with Crippen LogP contribution in [0.4, 0.5) is 17.1 Å². The summed E-state index contributed by atoms with van der Waals surface area (Å²) in [4.78, 5) is 3.91. The zero-order valence-corrected chi connectivity index (χ0v) is 8.70. The Hall–Kier alpha value is -1.74. The van der Waals surface area contributed by atoms with E-state index in [1.165, 1.54) is 0 Å². The third-order valence-corrected chi connectivity index (χ3v) is 2.24. The van der Waals surface area contributed by atoms with Crippen LogP contribution in [0.25, 0.3) is 0 Å². The lowest BCUT2D eigenvalue weighted by Gasteiger charge is -2.07. The highest BCUT2D eigenvalue weighted by Crippen LogP contribution is 2.24. The lowest BCUT2D eigenvalue weighted by Crippen LogP contribution is -1.93. The molecule has 0 saturated carbocycles. The predicted molar refractivity (Wildman–Crippen MR) is 63.4 cm³/mol. The van der Waals surface area contributed by atoms with Crippen LogP contribution in [0.1, 0.15) is 0 Å². The van der Waals surface area contributed by atoms with Crippen LogP contribution in [0.2, 0.25) is 5.02 Å². The number of aromatic nitrogens is 1. The summed E-state index contributed by atoms with van der Waals surface area (Å²) in [6.07, 6.45) is 3.27. The molecule has 0 aliphatic carbocycles. The molecule has 0 aliphatic heterocycles. The second-order valence-electron chi connectivity index (χ2n) is 3.11. The van der Waals surface area contributed by atoms with Crippen LogP contribution in [0.5, 0.6) is 0 Å². The first kappa shape index (κ1) is 9.80. The number of anilines is 3. The summed E-state index contributed by atoms with van der Waals surface area (Å²) < 4.78 is 0. The Bertz CT molecular complexity index is 471. The Labute approximate surface area is 92.9 Å². The van der Waals surface area contributed by atoms with Crippen LogP contribution >= 0.6 is 11.6 Å². The van der Waals surface area contributed by atoms with Gasteiger partial charge in [-0.1, -0.05) is 17.7 Å². The van der Waals surface area contributed by atoms with Gasteiger partial charge in [-0.3, -0.25) is 4.98 Å². The van der Waals surface area contributed by atoms with Crippen molar-refractivity contribution in [2.24, 2.45) is 0 Å². The van der Waals surface area contributed by atoms with Crippen LogP contribution in [0, 0.1) is 0 Å². The minimum atomic E-state index is 0.583. The Balaban J connectivity index is 2.26. The summed E-state index contributed by atoms with van der Waals surface area (Å²) in [5, 5.41) is 3.74. The summed E-state index contributed by atoms with van der Waals surface area (Å²) in [6, 6.07) is 9.29. The molecule has 0 spiro atoms. The van der Waals surface area contributed by atoms with Gasteiger partial charge >= 0.3 is 0 Å². The van der Waals surface area contributed by atoms with Gasteiger partial charge in [0.05, 0.1) is 10.7 Å². The fourth-order valence-electron chi connectivity index (χ4n) is 1.25. The molecule has 1 aromatic carbocycles. The molecule has 2 rings (SSSR count). The molecule has 1 aromatic heterocycles. The molecule has 0 amide bonds. The van der Waals surface area contributed by atoms with Crippen molar-refractivity contribution in [3.8, 4) is 0 Å². The molecule has 76 valence electrons. The summed E-state index contributed by atoms with van der Waals surface area (Å²) in [5.74, 6) is 0. The van der Waals surface area contributed by atoms with Crippen LogP contribution < -0.4 is 11.1 Å². The molecule has 0 aliphatic rings. The third kappa shape index (κ3) is 2.39. The smallest absolute Gasteiger partial charge is 0.0824 e. The molecule has 1 heterocycles. The highest BCUT2D eigenvalue weighted by atomic mass is 35.5. The lowest BCUT2D eigenvalue weighted by atomic mass is 10.2. The van der Waals surface area contributed by atoms with E-state index in [0.717, 1.165) is 11.4 Å². The van der Waals surface area contributed by atoms with E-state index in [9.17, 15) is 0 Å². The van der Waals surface area contributed by atoms with Crippen LogP contribution in [0.3, 0.4) is 0 Å². The second-order valence-corrected chi connectivity index (χ2v) is 3.51. The molecular weight excluding hydrogens is 210 g/mol. The van der Waals surface area contributed by atoms with Crippen molar-refractivity contribution in [2.75, 3.05) is 11.1 Å². The van der Waals surface area contributed by atoms with Gasteiger partial charge in [0.2, 0.25) is 0 Å². The maximum atomic E-state index is 5.96. The maximum Gasteiger partial charge on any atom is 0.0824 e. The minimum absolute atomic E-state index is 0.583. The van der Waals surface area contributed by atoms with E-state index in [2.05, 4.69) is 10.3 Å². The van der Waals surface area contributed by atoms with Crippen LogP contribution in [-0.4, -0.2) is 4.98 Å². The summed E-state index contributed by atoms with van der Waals surface area (Å²) in [6.45, 7) is 0. The van der Waals surface area contributed by atoms with Crippen molar-refractivity contribution in [2.45, 2.75) is 0 Å². The Kier molecular flexibility index (Phi) is 2.74. The average Bonchev–Trinajstić information content (AvgIpc) is 2.22. The van der Waals surface area contributed by atoms with Crippen molar-refractivity contribution >= 4 is 28.7 Å². The van der Waals surface area contributed by atoms with E-state index in [1.54, 1.807) is 12.4 Å². The van der Waals surface area contributed by atoms with E-state index in [1.807, 2.05) is 30.3 Å². The van der Waals surface area contributed by atoms with Crippen molar-refractivity contribution in [3.63, 3.8) is 0 Å². The number of rotatable bonds is 2. The molecule has 4 heteroatoms. The second kappa shape index (κ2) is 4.19. The first-order valence-electron chi connectivity index (χ1n) is 4.48. The number of nitrogens with two attached hydrogens (primary N) is 1. The normalized spacial score (nSPS) is 9.93. The van der Waals surface area contributed by atoms with Gasteiger partial charge in [-0.15, -0.1) is 0 Å². The quantitative estimate of drug-likeness (QED) is 0.764. The van der Waals surface area contributed by atoms with Crippen molar-refractivity contribution < 1.29 is 0 Å². The number of pyridine rings is 1. The van der Waals surface area contributed by atoms with E-state index in [0.29, 0.717) is 10.7 Å². The van der Waals surface area contributed by atoms with Crippen molar-refractivity contribution in [1.82, 2.24) is 4.98 Å². The molecule has 0 radical (unpaired) electrons. The maximum absolute atomic E-state index is 5.96. The zero-order chi connectivity index (χ0) is 10.7. The number of benzene rings is 1. The van der Waals surface area contributed by atoms with Gasteiger partial charge in [-0.25, -0.2) is 0 Å².